The van der Waals surface area contributed by atoms with E-state index in [-0.39, 0.29) is 16.3 Å². The van der Waals surface area contributed by atoms with Gasteiger partial charge in [-0.1, -0.05) is 11.6 Å². The van der Waals surface area contributed by atoms with Crippen LogP contribution in [0, 0.1) is 0 Å². The Morgan fingerprint density at radius 2 is 1.86 bits per heavy atom. The zero-order valence-corrected chi connectivity index (χ0v) is 15.3. The lowest BCUT2D eigenvalue weighted by atomic mass is 10.2. The number of nitrogens with one attached hydrogen (secondary N) is 1. The molecule has 0 bridgehead atoms. The summed E-state index contributed by atoms with van der Waals surface area (Å²) in [5, 5.41) is 25.4. The first-order valence-electron chi connectivity index (χ1n) is 7.48. The predicted molar refractivity (Wildman–Crippen MR) is 96.7 cm³/mol. The average Bonchev–Trinajstić information content (AvgIpc) is 3.32. The Morgan fingerprint density at radius 1 is 1.18 bits per heavy atom. The lowest BCUT2D eigenvalue weighted by molar-refractivity contribution is 0.0689. The molecule has 144 valence electrons. The van der Waals surface area contributed by atoms with Crippen LogP contribution >= 0.6 is 11.6 Å². The van der Waals surface area contributed by atoms with Crippen LogP contribution in [-0.2, 0) is 10.0 Å². The molecule has 0 saturated heterocycles. The number of ketones is 1. The van der Waals surface area contributed by atoms with Crippen molar-refractivity contribution in [1.82, 2.24) is 19.2 Å². The van der Waals surface area contributed by atoms with Gasteiger partial charge >= 0.3 is 5.97 Å². The number of aliphatic hydroxyl groups is 1. The number of allylic oxidation sites excluding steroid dienone is 1. The van der Waals surface area contributed by atoms with Crippen molar-refractivity contribution in [2.45, 2.75) is 4.90 Å². The van der Waals surface area contributed by atoms with Crippen LogP contribution in [0.5, 0.6) is 0 Å². The molecule has 0 atom stereocenters. The highest BCUT2D eigenvalue weighted by molar-refractivity contribution is 7.90. The van der Waals surface area contributed by atoms with E-state index < -0.39 is 33.2 Å². The number of aromatic carboxylic acids is 1. The number of carbonyl (C=O) groups is 2. The molecular weight excluding hydrogens is 412 g/mol. The van der Waals surface area contributed by atoms with Gasteiger partial charge in [-0.15, -0.1) is 0 Å². The van der Waals surface area contributed by atoms with Gasteiger partial charge in [0.2, 0.25) is 5.82 Å². The number of aromatic nitrogens is 4. The number of aromatic amines is 1. The van der Waals surface area contributed by atoms with Crippen LogP contribution in [0.4, 0.5) is 0 Å². The monoisotopic (exact) mass is 422 g/mol. The van der Waals surface area contributed by atoms with Crippen molar-refractivity contribution in [3.05, 3.63) is 71.0 Å². The third-order valence-corrected chi connectivity index (χ3v) is 5.51. The molecule has 0 fully saturated rings. The summed E-state index contributed by atoms with van der Waals surface area (Å²) in [5.41, 5.74) is -0.916. The maximum atomic E-state index is 12.8. The number of hydrogen-bond acceptors (Lipinski definition) is 7. The van der Waals surface area contributed by atoms with E-state index in [1.807, 2.05) is 0 Å². The number of rotatable bonds is 6. The molecule has 0 saturated carbocycles. The molecule has 0 radical (unpaired) electrons. The summed E-state index contributed by atoms with van der Waals surface area (Å²) < 4.78 is 26.0. The first kappa shape index (κ1) is 19.3. The SMILES string of the molecule is O=C(C=C(O)c1nc[nH]n1)c1cc(C(=O)O)n(S(=O)(=O)c2ccc(Cl)cc2)c1. The summed E-state index contributed by atoms with van der Waals surface area (Å²) in [6.07, 6.45) is 2.79. The predicted octanol–water partition coefficient (Wildman–Crippen LogP) is 1.98. The van der Waals surface area contributed by atoms with Crippen molar-refractivity contribution in [2.75, 3.05) is 0 Å². The molecule has 0 aliphatic rings. The summed E-state index contributed by atoms with van der Waals surface area (Å²) in [5.74, 6) is -3.12. The number of halogens is 1. The number of hydrogen-bond donors (Lipinski definition) is 3. The van der Waals surface area contributed by atoms with E-state index in [9.17, 15) is 28.2 Å². The standard InChI is InChI=1S/C16H11ClN4O6S/c17-10-1-3-11(4-2-10)28(26,27)21-7-9(5-12(21)16(24)25)13(22)6-14(23)15-18-8-19-20-15/h1-8,23H,(H,24,25)(H,18,19,20). The minimum Gasteiger partial charge on any atom is -0.504 e. The van der Waals surface area contributed by atoms with Crippen molar-refractivity contribution in [2.24, 2.45) is 0 Å². The van der Waals surface area contributed by atoms with Crippen molar-refractivity contribution < 1.29 is 28.2 Å². The van der Waals surface area contributed by atoms with Gasteiger partial charge in [0, 0.05) is 22.9 Å². The molecular formula is C16H11ClN4O6S. The molecule has 0 spiro atoms. The van der Waals surface area contributed by atoms with Crippen LogP contribution in [-0.4, -0.2) is 49.5 Å². The van der Waals surface area contributed by atoms with Gasteiger partial charge in [0.1, 0.15) is 12.0 Å². The number of benzene rings is 1. The summed E-state index contributed by atoms with van der Waals surface area (Å²) in [4.78, 5) is 27.3. The Bertz CT molecular complexity index is 1180. The number of carboxylic acid groups (broad SMARTS) is 1. The highest BCUT2D eigenvalue weighted by Gasteiger charge is 2.26. The molecule has 0 amide bonds. The van der Waals surface area contributed by atoms with Gasteiger partial charge in [-0.2, -0.15) is 5.10 Å². The molecule has 3 rings (SSSR count). The maximum Gasteiger partial charge on any atom is 0.353 e. The van der Waals surface area contributed by atoms with Gasteiger partial charge in [-0.25, -0.2) is 22.2 Å². The van der Waals surface area contributed by atoms with Gasteiger partial charge in [-0.05, 0) is 30.3 Å². The average molecular weight is 423 g/mol. The van der Waals surface area contributed by atoms with Crippen molar-refractivity contribution >= 4 is 39.1 Å². The third-order valence-electron chi connectivity index (χ3n) is 3.57. The number of nitrogens with zero attached hydrogens (tertiary/aromatic N) is 3. The van der Waals surface area contributed by atoms with Gasteiger partial charge in [0.05, 0.1) is 4.90 Å². The molecule has 10 nitrogen and oxygen atoms in total. The number of carboxylic acids is 1. The largest absolute Gasteiger partial charge is 0.504 e. The number of carbonyl (C=O) groups excluding carboxylic acids is 1. The lowest BCUT2D eigenvalue weighted by Crippen LogP contribution is -2.17. The Balaban J connectivity index is 2.05. The minimum atomic E-state index is -4.30. The van der Waals surface area contributed by atoms with E-state index >= 15 is 0 Å². The second-order valence-corrected chi connectivity index (χ2v) is 7.64. The van der Waals surface area contributed by atoms with E-state index in [1.165, 1.54) is 30.6 Å². The molecule has 3 N–H and O–H groups in total. The highest BCUT2D eigenvalue weighted by Crippen LogP contribution is 2.21. The van der Waals surface area contributed by atoms with Crippen LogP contribution in [0.25, 0.3) is 5.76 Å². The van der Waals surface area contributed by atoms with E-state index in [1.54, 1.807) is 0 Å². The second-order valence-electron chi connectivity index (χ2n) is 5.39. The zero-order chi connectivity index (χ0) is 20.5. The molecule has 0 aliphatic heterocycles. The Hall–Kier alpha value is -3.44. The normalized spacial score (nSPS) is 12.1. The first-order chi connectivity index (χ1) is 13.2. The first-order valence-corrected chi connectivity index (χ1v) is 9.30. The van der Waals surface area contributed by atoms with Gasteiger partial charge in [0.15, 0.2) is 11.5 Å². The fraction of sp³-hybridized carbons (Fsp3) is 0. The molecule has 28 heavy (non-hydrogen) atoms. The number of aliphatic hydroxyl groups excluding tert-OH is 1. The lowest BCUT2D eigenvalue weighted by Gasteiger charge is -2.08. The molecule has 0 unspecified atom stereocenters. The number of H-pyrrole nitrogens is 1. The van der Waals surface area contributed by atoms with Crippen molar-refractivity contribution in [3.63, 3.8) is 0 Å². The molecule has 1 aromatic carbocycles. The summed E-state index contributed by atoms with van der Waals surface area (Å²) in [7, 11) is -4.30. The second kappa shape index (κ2) is 7.29. The quantitative estimate of drug-likeness (QED) is 0.309. The topological polar surface area (TPSA) is 155 Å². The van der Waals surface area contributed by atoms with E-state index in [0.29, 0.717) is 9.00 Å². The molecule has 2 aromatic heterocycles. The summed E-state index contributed by atoms with van der Waals surface area (Å²) in [6.45, 7) is 0. The van der Waals surface area contributed by atoms with Crippen molar-refractivity contribution in [1.29, 1.82) is 0 Å². The zero-order valence-electron chi connectivity index (χ0n) is 13.8. The minimum absolute atomic E-state index is 0.153. The van der Waals surface area contributed by atoms with Crippen LogP contribution in [0.3, 0.4) is 0 Å². The van der Waals surface area contributed by atoms with Crippen LogP contribution in [0.2, 0.25) is 5.02 Å². The fourth-order valence-corrected chi connectivity index (χ4v) is 3.73. The Morgan fingerprint density at radius 3 is 2.43 bits per heavy atom. The van der Waals surface area contributed by atoms with Crippen LogP contribution in [0.15, 0.2) is 53.8 Å². The van der Waals surface area contributed by atoms with E-state index in [0.717, 1.165) is 18.3 Å². The molecule has 3 aromatic rings. The smallest absolute Gasteiger partial charge is 0.353 e. The van der Waals surface area contributed by atoms with Crippen molar-refractivity contribution in [3.8, 4) is 0 Å². The summed E-state index contributed by atoms with van der Waals surface area (Å²) >= 11 is 5.74. The maximum absolute atomic E-state index is 12.8. The van der Waals surface area contributed by atoms with Crippen LogP contribution < -0.4 is 0 Å². The molecule has 2 heterocycles. The highest BCUT2D eigenvalue weighted by atomic mass is 35.5. The third kappa shape index (κ3) is 3.66. The van der Waals surface area contributed by atoms with Gasteiger partial charge < -0.3 is 10.2 Å². The van der Waals surface area contributed by atoms with Gasteiger partial charge in [-0.3, -0.25) is 9.89 Å². The van der Waals surface area contributed by atoms with Gasteiger partial charge in [0.25, 0.3) is 10.0 Å². The van der Waals surface area contributed by atoms with E-state index in [2.05, 4.69) is 15.2 Å². The van der Waals surface area contributed by atoms with Crippen LogP contribution in [0.1, 0.15) is 26.7 Å². The fourth-order valence-electron chi connectivity index (χ4n) is 2.26. The molecule has 12 heteroatoms. The Kier molecular flexibility index (Phi) is 5.03. The molecule has 0 aliphatic carbocycles. The summed E-state index contributed by atoms with van der Waals surface area (Å²) in [6, 6.07) is 5.98. The Labute approximate surface area is 162 Å². The van der Waals surface area contributed by atoms with E-state index in [4.69, 9.17) is 11.6 Å².